The van der Waals surface area contributed by atoms with E-state index in [0.717, 1.165) is 0 Å². The van der Waals surface area contributed by atoms with Gasteiger partial charge in [0.25, 0.3) is 0 Å². The van der Waals surface area contributed by atoms with Gasteiger partial charge in [-0.1, -0.05) is 0 Å². The van der Waals surface area contributed by atoms with E-state index >= 15 is 0 Å². The molecule has 0 radical (unpaired) electrons. The van der Waals surface area contributed by atoms with Gasteiger partial charge in [0.05, 0.1) is 12.8 Å². The standard InChI is InChI=1S/C9H16FNO4.ClH/c1-9(2,11-6-10)5-15-8(14)4-3-7(12)13;/h11H,3-6H2,1-2H3,(H,12,13);1H. The highest BCUT2D eigenvalue weighted by molar-refractivity contribution is 5.85. The molecular weight excluding hydrogens is 241 g/mol. The summed E-state index contributed by atoms with van der Waals surface area (Å²) in [5.41, 5.74) is -0.645. The number of carboxylic acids is 1. The predicted molar refractivity (Wildman–Crippen MR) is 58.3 cm³/mol. The Bertz CT molecular complexity index is 236. The van der Waals surface area contributed by atoms with Crippen LogP contribution in [0.3, 0.4) is 0 Å². The summed E-state index contributed by atoms with van der Waals surface area (Å²) in [7, 11) is 0. The summed E-state index contributed by atoms with van der Waals surface area (Å²) in [5, 5.41) is 10.8. The Labute approximate surface area is 99.8 Å². The van der Waals surface area contributed by atoms with Crippen molar-refractivity contribution in [2.24, 2.45) is 0 Å². The summed E-state index contributed by atoms with van der Waals surface area (Å²) in [6.45, 7) is 2.66. The first-order valence-corrected chi connectivity index (χ1v) is 4.56. The number of carboxylic acid groups (broad SMARTS) is 1. The largest absolute Gasteiger partial charge is 0.481 e. The van der Waals surface area contributed by atoms with E-state index in [9.17, 15) is 14.0 Å². The number of carbonyl (C=O) groups is 2. The first-order valence-electron chi connectivity index (χ1n) is 4.56. The van der Waals surface area contributed by atoms with Crippen LogP contribution in [0.1, 0.15) is 26.7 Å². The highest BCUT2D eigenvalue weighted by Crippen LogP contribution is 2.04. The van der Waals surface area contributed by atoms with Crippen LogP contribution in [-0.4, -0.2) is 36.0 Å². The molecule has 0 saturated heterocycles. The minimum Gasteiger partial charge on any atom is -0.481 e. The maximum absolute atomic E-state index is 11.9. The maximum atomic E-state index is 11.9. The lowest BCUT2D eigenvalue weighted by Crippen LogP contribution is -2.43. The number of alkyl halides is 1. The van der Waals surface area contributed by atoms with Crippen LogP contribution in [0, 0.1) is 0 Å². The molecule has 0 unspecified atom stereocenters. The van der Waals surface area contributed by atoms with Crippen molar-refractivity contribution in [1.82, 2.24) is 5.32 Å². The van der Waals surface area contributed by atoms with Crippen molar-refractivity contribution in [2.45, 2.75) is 32.2 Å². The van der Waals surface area contributed by atoms with Crippen molar-refractivity contribution in [3.8, 4) is 0 Å². The minimum atomic E-state index is -1.05. The second-order valence-corrected chi connectivity index (χ2v) is 3.75. The highest BCUT2D eigenvalue weighted by Gasteiger charge is 2.19. The van der Waals surface area contributed by atoms with Crippen molar-refractivity contribution in [1.29, 1.82) is 0 Å². The molecule has 0 aromatic heterocycles. The van der Waals surface area contributed by atoms with E-state index in [-0.39, 0.29) is 31.9 Å². The summed E-state index contributed by atoms with van der Waals surface area (Å²) in [6, 6.07) is 0. The van der Waals surface area contributed by atoms with Crippen molar-refractivity contribution in [3.63, 3.8) is 0 Å². The number of ether oxygens (including phenoxy) is 1. The van der Waals surface area contributed by atoms with Crippen molar-refractivity contribution in [3.05, 3.63) is 0 Å². The van der Waals surface area contributed by atoms with Gasteiger partial charge >= 0.3 is 11.9 Å². The molecule has 5 nitrogen and oxygen atoms in total. The first-order chi connectivity index (χ1) is 6.87. The van der Waals surface area contributed by atoms with Crippen LogP contribution in [0.15, 0.2) is 0 Å². The summed E-state index contributed by atoms with van der Waals surface area (Å²) in [5.74, 6) is -1.64. The monoisotopic (exact) mass is 257 g/mol. The van der Waals surface area contributed by atoms with Crippen LogP contribution in [0.2, 0.25) is 0 Å². The fourth-order valence-corrected chi connectivity index (χ4v) is 0.774. The number of carbonyl (C=O) groups excluding carboxylic acids is 1. The van der Waals surface area contributed by atoms with Crippen molar-refractivity contribution in [2.75, 3.05) is 13.4 Å². The molecule has 7 heteroatoms. The van der Waals surface area contributed by atoms with Gasteiger partial charge < -0.3 is 9.84 Å². The fraction of sp³-hybridized carbons (Fsp3) is 0.778. The topological polar surface area (TPSA) is 75.6 Å². The van der Waals surface area contributed by atoms with E-state index in [1.165, 1.54) is 0 Å². The molecule has 0 atom stereocenters. The number of halogens is 2. The molecule has 0 fully saturated rings. The third-order valence-electron chi connectivity index (χ3n) is 1.68. The lowest BCUT2D eigenvalue weighted by molar-refractivity contribution is -0.149. The quantitative estimate of drug-likeness (QED) is 0.528. The molecule has 0 saturated carbocycles. The Morgan fingerprint density at radius 1 is 1.38 bits per heavy atom. The zero-order chi connectivity index (χ0) is 11.9. The van der Waals surface area contributed by atoms with Crippen LogP contribution in [0.25, 0.3) is 0 Å². The Hall–Kier alpha value is -0.880. The molecular formula is C9H17ClFNO4. The summed E-state index contributed by atoms with van der Waals surface area (Å²) < 4.78 is 16.7. The SMILES string of the molecule is CC(C)(COC(=O)CCC(=O)O)NCF.Cl. The van der Waals surface area contributed by atoms with Gasteiger partial charge in [-0.2, -0.15) is 0 Å². The van der Waals surface area contributed by atoms with E-state index in [1.807, 2.05) is 0 Å². The van der Waals surface area contributed by atoms with Crippen LogP contribution in [-0.2, 0) is 14.3 Å². The zero-order valence-corrected chi connectivity index (χ0v) is 10.1. The molecule has 0 spiro atoms. The molecule has 96 valence electrons. The average Bonchev–Trinajstić information content (AvgIpc) is 2.11. The lowest BCUT2D eigenvalue weighted by Gasteiger charge is -2.23. The average molecular weight is 258 g/mol. The molecule has 0 rings (SSSR count). The number of nitrogens with one attached hydrogen (secondary N) is 1. The van der Waals surface area contributed by atoms with Gasteiger partial charge in [-0.15, -0.1) is 12.4 Å². The van der Waals surface area contributed by atoms with E-state index < -0.39 is 24.3 Å². The molecule has 0 amide bonds. The zero-order valence-electron chi connectivity index (χ0n) is 9.29. The van der Waals surface area contributed by atoms with Gasteiger partial charge in [0.1, 0.15) is 13.4 Å². The number of rotatable bonds is 7. The third-order valence-corrected chi connectivity index (χ3v) is 1.68. The maximum Gasteiger partial charge on any atom is 0.306 e. The van der Waals surface area contributed by atoms with Gasteiger partial charge in [0.2, 0.25) is 0 Å². The van der Waals surface area contributed by atoms with Crippen LogP contribution >= 0.6 is 12.4 Å². The van der Waals surface area contributed by atoms with E-state index in [0.29, 0.717) is 0 Å². The molecule has 16 heavy (non-hydrogen) atoms. The molecule has 0 aliphatic carbocycles. The molecule has 0 heterocycles. The smallest absolute Gasteiger partial charge is 0.306 e. The van der Waals surface area contributed by atoms with Crippen LogP contribution in [0.4, 0.5) is 4.39 Å². The Balaban J connectivity index is 0. The van der Waals surface area contributed by atoms with Gasteiger partial charge in [0, 0.05) is 5.54 Å². The first kappa shape index (κ1) is 17.5. The highest BCUT2D eigenvalue weighted by atomic mass is 35.5. The molecule has 0 bridgehead atoms. The summed E-state index contributed by atoms with van der Waals surface area (Å²) in [6.07, 6.45) is -0.420. The van der Waals surface area contributed by atoms with E-state index in [1.54, 1.807) is 13.8 Å². The second-order valence-electron chi connectivity index (χ2n) is 3.75. The van der Waals surface area contributed by atoms with Gasteiger partial charge in [-0.05, 0) is 13.8 Å². The number of hydrogen-bond donors (Lipinski definition) is 2. The fourth-order valence-electron chi connectivity index (χ4n) is 0.774. The predicted octanol–water partition coefficient (Wildman–Crippen LogP) is 1.11. The Morgan fingerprint density at radius 3 is 2.38 bits per heavy atom. The Morgan fingerprint density at radius 2 is 1.94 bits per heavy atom. The number of aliphatic carboxylic acids is 1. The molecule has 0 aromatic carbocycles. The number of esters is 1. The minimum absolute atomic E-state index is 0. The molecule has 0 aliphatic heterocycles. The van der Waals surface area contributed by atoms with Crippen LogP contribution < -0.4 is 5.32 Å². The Kier molecular flexibility index (Phi) is 9.08. The summed E-state index contributed by atoms with van der Waals surface area (Å²) >= 11 is 0. The van der Waals surface area contributed by atoms with E-state index in [4.69, 9.17) is 9.84 Å². The second kappa shape index (κ2) is 8.29. The van der Waals surface area contributed by atoms with E-state index in [2.05, 4.69) is 5.32 Å². The van der Waals surface area contributed by atoms with Crippen molar-refractivity contribution >= 4 is 24.3 Å². The van der Waals surface area contributed by atoms with Gasteiger partial charge in [0.15, 0.2) is 0 Å². The molecule has 2 N–H and O–H groups in total. The normalized spacial score (nSPS) is 10.4. The summed E-state index contributed by atoms with van der Waals surface area (Å²) in [4.78, 5) is 21.1. The van der Waals surface area contributed by atoms with Gasteiger partial charge in [-0.3, -0.25) is 14.9 Å². The molecule has 0 aromatic rings. The number of hydrogen-bond acceptors (Lipinski definition) is 4. The lowest BCUT2D eigenvalue weighted by atomic mass is 10.1. The van der Waals surface area contributed by atoms with Crippen LogP contribution in [0.5, 0.6) is 0 Å². The van der Waals surface area contributed by atoms with Crippen molar-refractivity contribution < 1.29 is 23.8 Å². The molecule has 0 aliphatic rings. The van der Waals surface area contributed by atoms with Gasteiger partial charge in [-0.25, -0.2) is 4.39 Å². The third kappa shape index (κ3) is 9.67.